The lowest BCUT2D eigenvalue weighted by molar-refractivity contribution is 0.286. The Balaban J connectivity index is 2.21. The van der Waals surface area contributed by atoms with Crippen LogP contribution < -0.4 is 20.8 Å². The summed E-state index contributed by atoms with van der Waals surface area (Å²) in [5, 5.41) is 19.1. The Morgan fingerprint density at radius 3 is 2.52 bits per heavy atom. The zero-order valence-electron chi connectivity index (χ0n) is 15.3. The molecule has 7 nitrogen and oxygen atoms in total. The Morgan fingerprint density at radius 2 is 1.86 bits per heavy atom. The molecule has 0 spiro atoms. The summed E-state index contributed by atoms with van der Waals surface area (Å²) in [6, 6.07) is 16.4. The van der Waals surface area contributed by atoms with E-state index in [2.05, 4.69) is 20.9 Å². The number of para-hydroxylation sites is 1. The second kappa shape index (κ2) is 8.51. The molecular weight excluding hydrogens is 436 g/mol. The average molecular weight is 451 g/mol. The van der Waals surface area contributed by atoms with Crippen LogP contribution in [-0.2, 0) is 6.61 Å². The van der Waals surface area contributed by atoms with Gasteiger partial charge >= 0.3 is 0 Å². The number of halogens is 1. The van der Waals surface area contributed by atoms with Crippen molar-refractivity contribution in [1.29, 1.82) is 10.5 Å². The first-order chi connectivity index (χ1) is 14.0. The van der Waals surface area contributed by atoms with Crippen molar-refractivity contribution < 1.29 is 9.47 Å². The highest BCUT2D eigenvalue weighted by atomic mass is 79.9. The van der Waals surface area contributed by atoms with Crippen LogP contribution in [0.2, 0.25) is 0 Å². The van der Waals surface area contributed by atoms with Gasteiger partial charge in [-0.2, -0.15) is 10.5 Å². The number of aromatic nitrogens is 1. The average Bonchev–Trinajstić information content (AvgIpc) is 2.71. The summed E-state index contributed by atoms with van der Waals surface area (Å²) in [6.45, 7) is 0.204. The van der Waals surface area contributed by atoms with Gasteiger partial charge in [-0.1, -0.05) is 40.2 Å². The topological polar surface area (TPSA) is 125 Å². The summed E-state index contributed by atoms with van der Waals surface area (Å²) in [4.78, 5) is 14.6. The van der Waals surface area contributed by atoms with E-state index >= 15 is 0 Å². The lowest BCUT2D eigenvalue weighted by Crippen LogP contribution is -2.16. The molecule has 0 unspecified atom stereocenters. The molecule has 29 heavy (non-hydrogen) atoms. The van der Waals surface area contributed by atoms with Gasteiger partial charge < -0.3 is 20.2 Å². The van der Waals surface area contributed by atoms with Gasteiger partial charge in [0, 0.05) is 15.6 Å². The summed E-state index contributed by atoms with van der Waals surface area (Å²) in [7, 11) is 1.48. The Morgan fingerprint density at radius 1 is 1.14 bits per heavy atom. The van der Waals surface area contributed by atoms with Gasteiger partial charge in [0.25, 0.3) is 5.56 Å². The maximum atomic E-state index is 12.3. The number of aromatic amines is 1. The van der Waals surface area contributed by atoms with Crippen molar-refractivity contribution in [3.63, 3.8) is 0 Å². The largest absolute Gasteiger partial charge is 0.493 e. The molecule has 3 N–H and O–H groups in total. The van der Waals surface area contributed by atoms with E-state index in [1.54, 1.807) is 18.2 Å². The summed E-state index contributed by atoms with van der Waals surface area (Å²) in [6.07, 6.45) is 0. The molecule has 0 aliphatic rings. The zero-order valence-corrected chi connectivity index (χ0v) is 16.9. The Kier molecular flexibility index (Phi) is 5.87. The molecule has 0 amide bonds. The fraction of sp³-hybridized carbons (Fsp3) is 0.0952. The number of anilines is 1. The number of nitriles is 2. The lowest BCUT2D eigenvalue weighted by Gasteiger charge is -2.17. The molecule has 0 saturated heterocycles. The minimum Gasteiger partial charge on any atom is -0.493 e. The summed E-state index contributed by atoms with van der Waals surface area (Å²) in [5.74, 6) is 0.573. The van der Waals surface area contributed by atoms with Crippen LogP contribution in [0.5, 0.6) is 11.5 Å². The first-order valence-corrected chi connectivity index (χ1v) is 9.20. The molecule has 0 aliphatic heterocycles. The Labute approximate surface area is 175 Å². The number of hydrogen-bond acceptors (Lipinski definition) is 6. The maximum Gasteiger partial charge on any atom is 0.268 e. The van der Waals surface area contributed by atoms with E-state index in [4.69, 9.17) is 15.2 Å². The molecule has 0 atom stereocenters. The SMILES string of the molecule is COc1cccc(-c2c(C#N)c(N)[nH]c(=O)c2C#N)c1OCc1cccc(Br)c1. The van der Waals surface area contributed by atoms with Crippen LogP contribution in [0.1, 0.15) is 16.7 Å². The van der Waals surface area contributed by atoms with Gasteiger partial charge in [-0.25, -0.2) is 0 Å². The van der Waals surface area contributed by atoms with Crippen molar-refractivity contribution in [3.8, 4) is 34.8 Å². The van der Waals surface area contributed by atoms with E-state index in [0.717, 1.165) is 10.0 Å². The minimum atomic E-state index is -0.681. The van der Waals surface area contributed by atoms with Gasteiger partial charge in [0.15, 0.2) is 11.5 Å². The van der Waals surface area contributed by atoms with Gasteiger partial charge in [0.2, 0.25) is 0 Å². The number of rotatable bonds is 5. The van der Waals surface area contributed by atoms with E-state index in [0.29, 0.717) is 17.1 Å². The number of H-pyrrole nitrogens is 1. The molecular formula is C21H15BrN4O3. The van der Waals surface area contributed by atoms with Crippen LogP contribution in [0.4, 0.5) is 5.82 Å². The number of nitrogen functional groups attached to an aromatic ring is 1. The molecule has 1 heterocycles. The van der Waals surface area contributed by atoms with Crippen molar-refractivity contribution >= 4 is 21.7 Å². The lowest BCUT2D eigenvalue weighted by atomic mass is 9.95. The standard InChI is InChI=1S/C21H15BrN4O3/c1-28-17-7-3-6-14(19(17)29-11-12-4-2-5-13(22)8-12)18-15(9-23)20(25)26-21(27)16(18)10-24/h2-8H,11H2,1H3,(H3,25,26,27). The maximum absolute atomic E-state index is 12.3. The first-order valence-electron chi connectivity index (χ1n) is 8.40. The minimum absolute atomic E-state index is 0.0123. The summed E-state index contributed by atoms with van der Waals surface area (Å²) < 4.78 is 12.3. The number of nitrogens with zero attached hydrogens (tertiary/aromatic N) is 2. The number of pyridine rings is 1. The Bertz CT molecular complexity index is 1220. The highest BCUT2D eigenvalue weighted by Gasteiger charge is 2.23. The molecule has 0 fully saturated rings. The van der Waals surface area contributed by atoms with Crippen LogP contribution in [0, 0.1) is 22.7 Å². The first kappa shape index (κ1) is 20.0. The van der Waals surface area contributed by atoms with E-state index in [-0.39, 0.29) is 29.1 Å². The smallest absolute Gasteiger partial charge is 0.268 e. The second-order valence-electron chi connectivity index (χ2n) is 5.97. The fourth-order valence-electron chi connectivity index (χ4n) is 2.92. The van der Waals surface area contributed by atoms with Crippen molar-refractivity contribution in [3.05, 3.63) is 74.0 Å². The van der Waals surface area contributed by atoms with Gasteiger partial charge in [0.05, 0.1) is 7.11 Å². The van der Waals surface area contributed by atoms with Gasteiger partial charge in [0.1, 0.15) is 35.7 Å². The van der Waals surface area contributed by atoms with Crippen molar-refractivity contribution in [2.75, 3.05) is 12.8 Å². The van der Waals surface area contributed by atoms with E-state index in [1.807, 2.05) is 36.4 Å². The van der Waals surface area contributed by atoms with Crippen LogP contribution in [0.25, 0.3) is 11.1 Å². The van der Waals surface area contributed by atoms with E-state index < -0.39 is 5.56 Å². The van der Waals surface area contributed by atoms with E-state index in [1.165, 1.54) is 7.11 Å². The van der Waals surface area contributed by atoms with Crippen LogP contribution in [-0.4, -0.2) is 12.1 Å². The highest BCUT2D eigenvalue weighted by molar-refractivity contribution is 9.10. The normalized spacial score (nSPS) is 10.1. The molecule has 3 rings (SSSR count). The molecule has 1 aromatic heterocycles. The highest BCUT2D eigenvalue weighted by Crippen LogP contribution is 2.41. The number of hydrogen-bond donors (Lipinski definition) is 2. The third kappa shape index (κ3) is 3.93. The third-order valence-electron chi connectivity index (χ3n) is 4.21. The number of benzene rings is 2. The predicted molar refractivity (Wildman–Crippen MR) is 111 cm³/mol. The third-order valence-corrected chi connectivity index (χ3v) is 4.70. The van der Waals surface area contributed by atoms with E-state index in [9.17, 15) is 15.3 Å². The molecule has 3 aromatic rings. The molecule has 0 aliphatic carbocycles. The number of nitrogens with two attached hydrogens (primary N) is 1. The van der Waals surface area contributed by atoms with Crippen LogP contribution in [0.15, 0.2) is 51.7 Å². The second-order valence-corrected chi connectivity index (χ2v) is 6.89. The van der Waals surface area contributed by atoms with Gasteiger partial charge in [-0.15, -0.1) is 0 Å². The molecule has 144 valence electrons. The van der Waals surface area contributed by atoms with Gasteiger partial charge in [-0.05, 0) is 23.8 Å². The fourth-order valence-corrected chi connectivity index (χ4v) is 3.36. The number of nitrogens with one attached hydrogen (secondary N) is 1. The quantitative estimate of drug-likeness (QED) is 0.609. The molecule has 8 heteroatoms. The summed E-state index contributed by atoms with van der Waals surface area (Å²) >= 11 is 3.42. The number of ether oxygens (including phenoxy) is 2. The van der Waals surface area contributed by atoms with Crippen molar-refractivity contribution in [1.82, 2.24) is 4.98 Å². The molecule has 0 saturated carbocycles. The molecule has 0 bridgehead atoms. The van der Waals surface area contributed by atoms with Crippen LogP contribution >= 0.6 is 15.9 Å². The predicted octanol–water partition coefficient (Wildman–Crippen LogP) is 3.72. The molecule has 0 radical (unpaired) electrons. The van der Waals surface area contributed by atoms with Crippen LogP contribution in [0.3, 0.4) is 0 Å². The van der Waals surface area contributed by atoms with Gasteiger partial charge in [-0.3, -0.25) is 4.79 Å². The Hall–Kier alpha value is -3.75. The van der Waals surface area contributed by atoms with Crippen molar-refractivity contribution in [2.45, 2.75) is 6.61 Å². The van der Waals surface area contributed by atoms with Crippen molar-refractivity contribution in [2.24, 2.45) is 0 Å². The number of methoxy groups -OCH3 is 1. The molecule has 2 aromatic carbocycles. The summed E-state index contributed by atoms with van der Waals surface area (Å²) in [5.41, 5.74) is 6.28. The monoisotopic (exact) mass is 450 g/mol. The zero-order chi connectivity index (χ0) is 21.0.